The summed E-state index contributed by atoms with van der Waals surface area (Å²) in [5.41, 5.74) is 1.45. The maximum atomic E-state index is 12.0. The van der Waals surface area contributed by atoms with Gasteiger partial charge >= 0.3 is 5.69 Å². The molecule has 7 nitrogen and oxygen atoms in total. The lowest BCUT2D eigenvalue weighted by molar-refractivity contribution is -0.121. The Morgan fingerprint density at radius 2 is 2.27 bits per heavy atom. The van der Waals surface area contributed by atoms with Crippen molar-refractivity contribution in [3.8, 4) is 0 Å². The summed E-state index contributed by atoms with van der Waals surface area (Å²) in [6, 6.07) is 5.29. The number of carbonyl (C=O) groups excluding carboxylic acids is 1. The van der Waals surface area contributed by atoms with Crippen LogP contribution in [0.4, 0.5) is 0 Å². The van der Waals surface area contributed by atoms with E-state index in [9.17, 15) is 9.59 Å². The van der Waals surface area contributed by atoms with Gasteiger partial charge in [0.1, 0.15) is 6.54 Å². The van der Waals surface area contributed by atoms with Crippen LogP contribution in [-0.2, 0) is 11.3 Å². The highest BCUT2D eigenvalue weighted by atomic mass is 35.5. The average Bonchev–Trinajstić information content (AvgIpc) is 2.83. The summed E-state index contributed by atoms with van der Waals surface area (Å²) in [5, 5.41) is 10.2. The van der Waals surface area contributed by atoms with Crippen molar-refractivity contribution >= 4 is 24.0 Å². The van der Waals surface area contributed by atoms with E-state index in [1.165, 1.54) is 14.7 Å². The van der Waals surface area contributed by atoms with Crippen LogP contribution in [0.2, 0.25) is 0 Å². The van der Waals surface area contributed by atoms with Crippen LogP contribution in [-0.4, -0.2) is 39.7 Å². The first-order valence-corrected chi connectivity index (χ1v) is 6.93. The van der Waals surface area contributed by atoms with Gasteiger partial charge in [0, 0.05) is 19.3 Å². The molecule has 3 heterocycles. The number of carbonyl (C=O) groups is 1. The third-order valence-corrected chi connectivity index (χ3v) is 3.45. The molecule has 0 atom stereocenters. The number of rotatable bonds is 4. The summed E-state index contributed by atoms with van der Waals surface area (Å²) < 4.78 is 2.60. The molecule has 8 heteroatoms. The lowest BCUT2D eigenvalue weighted by Gasteiger charge is -2.14. The Hall–Kier alpha value is -2.12. The molecule has 0 radical (unpaired) electrons. The van der Waals surface area contributed by atoms with Crippen LogP contribution in [0.3, 0.4) is 0 Å². The van der Waals surface area contributed by atoms with Crippen molar-refractivity contribution in [1.29, 1.82) is 0 Å². The Balaban J connectivity index is 0.00000176. The summed E-state index contributed by atoms with van der Waals surface area (Å²) in [5.74, 6) is -0.208. The van der Waals surface area contributed by atoms with Crippen LogP contribution < -0.4 is 16.3 Å². The van der Waals surface area contributed by atoms with Crippen LogP contribution in [0, 0.1) is 0 Å². The van der Waals surface area contributed by atoms with E-state index < -0.39 is 0 Å². The third kappa shape index (κ3) is 3.55. The van der Waals surface area contributed by atoms with Crippen molar-refractivity contribution in [3.63, 3.8) is 0 Å². The SMILES string of the molecule is Cl.O=C(Cn1nc2ccccn2c1=O)NCC1=CCNCC1. The fourth-order valence-corrected chi connectivity index (χ4v) is 2.31. The maximum absolute atomic E-state index is 12.0. The number of nitrogens with one attached hydrogen (secondary N) is 2. The lowest BCUT2D eigenvalue weighted by atomic mass is 10.1. The third-order valence-electron chi connectivity index (χ3n) is 3.45. The molecule has 0 saturated heterocycles. The van der Waals surface area contributed by atoms with Gasteiger partial charge in [0.15, 0.2) is 5.65 Å². The molecule has 1 aliphatic rings. The zero-order valence-corrected chi connectivity index (χ0v) is 12.8. The number of nitrogens with zero attached hydrogens (tertiary/aromatic N) is 3. The number of aromatic nitrogens is 3. The Kier molecular flexibility index (Phi) is 5.35. The van der Waals surface area contributed by atoms with Crippen LogP contribution >= 0.6 is 12.4 Å². The minimum absolute atomic E-state index is 0. The Labute approximate surface area is 133 Å². The topological polar surface area (TPSA) is 80.4 Å². The normalized spacial score (nSPS) is 14.3. The maximum Gasteiger partial charge on any atom is 0.350 e. The molecule has 2 aromatic rings. The van der Waals surface area contributed by atoms with E-state index in [0.717, 1.165) is 19.5 Å². The fourth-order valence-electron chi connectivity index (χ4n) is 2.31. The molecule has 1 aliphatic heterocycles. The highest BCUT2D eigenvalue weighted by Crippen LogP contribution is 2.02. The molecule has 0 fully saturated rings. The second-order valence-corrected chi connectivity index (χ2v) is 4.96. The average molecular weight is 324 g/mol. The number of hydrogen-bond donors (Lipinski definition) is 2. The Morgan fingerprint density at radius 1 is 1.41 bits per heavy atom. The molecule has 3 rings (SSSR count). The number of fused-ring (bicyclic) bond motifs is 1. The van der Waals surface area contributed by atoms with E-state index in [1.807, 2.05) is 0 Å². The van der Waals surface area contributed by atoms with Gasteiger partial charge < -0.3 is 10.6 Å². The van der Waals surface area contributed by atoms with Gasteiger partial charge in [0.05, 0.1) is 0 Å². The van der Waals surface area contributed by atoms with Gasteiger partial charge in [-0.2, -0.15) is 0 Å². The van der Waals surface area contributed by atoms with E-state index in [1.54, 1.807) is 24.4 Å². The zero-order valence-electron chi connectivity index (χ0n) is 12.0. The van der Waals surface area contributed by atoms with Gasteiger partial charge in [-0.3, -0.25) is 9.20 Å². The van der Waals surface area contributed by atoms with Gasteiger partial charge in [0.25, 0.3) is 0 Å². The van der Waals surface area contributed by atoms with Crippen molar-refractivity contribution in [2.45, 2.75) is 13.0 Å². The molecule has 1 amide bonds. The lowest BCUT2D eigenvalue weighted by Crippen LogP contribution is -2.34. The second-order valence-electron chi connectivity index (χ2n) is 4.96. The van der Waals surface area contributed by atoms with Gasteiger partial charge in [-0.1, -0.05) is 17.7 Å². The molecule has 0 saturated carbocycles. The molecule has 0 unspecified atom stereocenters. The monoisotopic (exact) mass is 323 g/mol. The van der Waals surface area contributed by atoms with E-state index in [-0.39, 0.29) is 30.5 Å². The predicted octanol–water partition coefficient (Wildman–Crippen LogP) is -0.0463. The van der Waals surface area contributed by atoms with Crippen LogP contribution in [0.25, 0.3) is 5.65 Å². The number of amides is 1. The summed E-state index contributed by atoms with van der Waals surface area (Å²) in [6.07, 6.45) is 4.66. The number of pyridine rings is 1. The van der Waals surface area contributed by atoms with E-state index in [2.05, 4.69) is 21.8 Å². The molecule has 0 aromatic carbocycles. The first kappa shape index (κ1) is 16.3. The summed E-state index contributed by atoms with van der Waals surface area (Å²) in [6.45, 7) is 2.25. The molecular weight excluding hydrogens is 306 g/mol. The van der Waals surface area contributed by atoms with E-state index in [0.29, 0.717) is 12.2 Å². The van der Waals surface area contributed by atoms with Crippen molar-refractivity contribution in [2.24, 2.45) is 0 Å². The Morgan fingerprint density at radius 3 is 3.00 bits per heavy atom. The summed E-state index contributed by atoms with van der Waals surface area (Å²) >= 11 is 0. The van der Waals surface area contributed by atoms with E-state index >= 15 is 0 Å². The number of halogens is 1. The van der Waals surface area contributed by atoms with Gasteiger partial charge in [-0.15, -0.1) is 17.5 Å². The first-order chi connectivity index (χ1) is 10.2. The van der Waals surface area contributed by atoms with Crippen LogP contribution in [0.1, 0.15) is 6.42 Å². The molecule has 0 spiro atoms. The number of hydrogen-bond acceptors (Lipinski definition) is 4. The van der Waals surface area contributed by atoms with Crippen molar-refractivity contribution in [2.75, 3.05) is 19.6 Å². The summed E-state index contributed by atoms with van der Waals surface area (Å²) in [4.78, 5) is 24.0. The molecule has 0 bridgehead atoms. The first-order valence-electron chi connectivity index (χ1n) is 6.93. The minimum atomic E-state index is -0.304. The van der Waals surface area contributed by atoms with Gasteiger partial charge in [0.2, 0.25) is 5.91 Å². The van der Waals surface area contributed by atoms with Gasteiger partial charge in [-0.25, -0.2) is 9.48 Å². The van der Waals surface area contributed by atoms with Crippen LogP contribution in [0.5, 0.6) is 0 Å². The minimum Gasteiger partial charge on any atom is -0.351 e. The summed E-state index contributed by atoms with van der Waals surface area (Å²) in [7, 11) is 0. The van der Waals surface area contributed by atoms with Crippen molar-refractivity contribution < 1.29 is 4.79 Å². The molecule has 22 heavy (non-hydrogen) atoms. The predicted molar refractivity (Wildman–Crippen MR) is 85.3 cm³/mol. The van der Waals surface area contributed by atoms with Crippen molar-refractivity contribution in [1.82, 2.24) is 24.8 Å². The zero-order chi connectivity index (χ0) is 14.7. The fraction of sp³-hybridized carbons (Fsp3) is 0.357. The molecule has 2 aromatic heterocycles. The highest BCUT2D eigenvalue weighted by Gasteiger charge is 2.11. The highest BCUT2D eigenvalue weighted by molar-refractivity contribution is 5.85. The van der Waals surface area contributed by atoms with Gasteiger partial charge in [-0.05, 0) is 25.1 Å². The largest absolute Gasteiger partial charge is 0.351 e. The smallest absolute Gasteiger partial charge is 0.350 e. The molecule has 2 N–H and O–H groups in total. The quantitative estimate of drug-likeness (QED) is 0.773. The van der Waals surface area contributed by atoms with Crippen LogP contribution in [0.15, 0.2) is 40.8 Å². The standard InChI is InChI=1S/C14H17N5O2.ClH/c20-13(16-9-11-4-6-15-7-5-11)10-19-14(21)18-8-2-1-3-12(18)17-19;/h1-4,8,15H,5-7,9-10H2,(H,16,20);1H. The molecular formula is C14H18ClN5O2. The van der Waals surface area contributed by atoms with Crippen molar-refractivity contribution in [3.05, 3.63) is 46.5 Å². The molecule has 118 valence electrons. The Bertz CT molecular complexity index is 749. The van der Waals surface area contributed by atoms with E-state index in [4.69, 9.17) is 0 Å². The molecule has 0 aliphatic carbocycles. The second kappa shape index (κ2) is 7.24.